The van der Waals surface area contributed by atoms with Crippen LogP contribution in [0.4, 0.5) is 0 Å². The second kappa shape index (κ2) is 7.22. The average Bonchev–Trinajstić information content (AvgIpc) is 2.79. The standard InChI is InChI=1S/C14H14Cl2N2O2S/c1-9-8-18(6-7-20-2)14(21-9)17-13(19)10-4-3-5-11(15)12(10)16/h3-5,8H,6-7H2,1-2H3/b17-14-. The third-order valence-corrected chi connectivity index (χ3v) is 4.51. The molecule has 0 saturated heterocycles. The van der Waals surface area contributed by atoms with Crippen molar-refractivity contribution in [3.8, 4) is 0 Å². The molecule has 21 heavy (non-hydrogen) atoms. The summed E-state index contributed by atoms with van der Waals surface area (Å²) in [6, 6.07) is 4.92. The summed E-state index contributed by atoms with van der Waals surface area (Å²) in [5.74, 6) is -0.407. The van der Waals surface area contributed by atoms with Crippen LogP contribution in [-0.2, 0) is 11.3 Å². The topological polar surface area (TPSA) is 43.6 Å². The Morgan fingerprint density at radius 3 is 2.90 bits per heavy atom. The number of halogens is 2. The van der Waals surface area contributed by atoms with Crippen molar-refractivity contribution < 1.29 is 9.53 Å². The number of rotatable bonds is 4. The van der Waals surface area contributed by atoms with Gasteiger partial charge in [-0.1, -0.05) is 29.3 Å². The zero-order valence-corrected chi connectivity index (χ0v) is 13.9. The molecule has 0 fully saturated rings. The van der Waals surface area contributed by atoms with Crippen LogP contribution in [0.1, 0.15) is 15.2 Å². The summed E-state index contributed by atoms with van der Waals surface area (Å²) < 4.78 is 6.94. The highest BCUT2D eigenvalue weighted by atomic mass is 35.5. The normalized spacial score (nSPS) is 11.9. The van der Waals surface area contributed by atoms with Gasteiger partial charge in [-0.3, -0.25) is 4.79 Å². The number of aryl methyl sites for hydroxylation is 1. The second-order valence-electron chi connectivity index (χ2n) is 4.33. The molecule has 112 valence electrons. The summed E-state index contributed by atoms with van der Waals surface area (Å²) >= 11 is 13.4. The molecule has 0 N–H and O–H groups in total. The van der Waals surface area contributed by atoms with E-state index in [0.717, 1.165) is 4.88 Å². The van der Waals surface area contributed by atoms with E-state index in [4.69, 9.17) is 27.9 Å². The molecule has 1 aromatic heterocycles. The van der Waals surface area contributed by atoms with Crippen LogP contribution in [0.3, 0.4) is 0 Å². The van der Waals surface area contributed by atoms with E-state index in [-0.39, 0.29) is 5.02 Å². The fraction of sp³-hybridized carbons (Fsp3) is 0.286. The van der Waals surface area contributed by atoms with Crippen LogP contribution in [0.2, 0.25) is 10.0 Å². The highest BCUT2D eigenvalue weighted by molar-refractivity contribution is 7.09. The zero-order chi connectivity index (χ0) is 15.4. The molecule has 0 aliphatic rings. The number of carbonyl (C=O) groups excluding carboxylic acids is 1. The van der Waals surface area contributed by atoms with Crippen molar-refractivity contribution in [2.45, 2.75) is 13.5 Å². The summed E-state index contributed by atoms with van der Waals surface area (Å²) in [7, 11) is 1.63. The first-order valence-corrected chi connectivity index (χ1v) is 7.79. The number of hydrogen-bond acceptors (Lipinski definition) is 3. The first-order valence-electron chi connectivity index (χ1n) is 6.22. The first kappa shape index (κ1) is 16.2. The van der Waals surface area contributed by atoms with Gasteiger partial charge in [-0.05, 0) is 19.1 Å². The summed E-state index contributed by atoms with van der Waals surface area (Å²) in [5, 5.41) is 0.567. The number of benzene rings is 1. The van der Waals surface area contributed by atoms with Crippen LogP contribution in [0.5, 0.6) is 0 Å². The number of thiazole rings is 1. The van der Waals surface area contributed by atoms with E-state index in [9.17, 15) is 4.79 Å². The summed E-state index contributed by atoms with van der Waals surface area (Å²) in [6.07, 6.45) is 1.94. The van der Waals surface area contributed by atoms with E-state index < -0.39 is 5.91 Å². The van der Waals surface area contributed by atoms with Gasteiger partial charge in [-0.15, -0.1) is 11.3 Å². The number of carbonyl (C=O) groups is 1. The molecule has 0 spiro atoms. The third-order valence-electron chi connectivity index (χ3n) is 2.75. The van der Waals surface area contributed by atoms with Gasteiger partial charge in [0.1, 0.15) is 0 Å². The molecule has 2 aromatic rings. The van der Waals surface area contributed by atoms with Gasteiger partial charge >= 0.3 is 0 Å². The Labute approximate surface area is 136 Å². The molecule has 0 saturated carbocycles. The molecule has 1 amide bonds. The average molecular weight is 345 g/mol. The Bertz CT molecular complexity index is 722. The number of methoxy groups -OCH3 is 1. The Kier molecular flexibility index (Phi) is 5.58. The van der Waals surface area contributed by atoms with Gasteiger partial charge in [-0.2, -0.15) is 4.99 Å². The van der Waals surface area contributed by atoms with Crippen molar-refractivity contribution >= 4 is 40.4 Å². The van der Waals surface area contributed by atoms with Crippen molar-refractivity contribution in [1.82, 2.24) is 4.57 Å². The van der Waals surface area contributed by atoms with E-state index in [1.807, 2.05) is 17.7 Å². The van der Waals surface area contributed by atoms with E-state index in [2.05, 4.69) is 4.99 Å². The van der Waals surface area contributed by atoms with Gasteiger partial charge in [0.25, 0.3) is 5.91 Å². The van der Waals surface area contributed by atoms with Gasteiger partial charge in [0, 0.05) is 24.7 Å². The number of amides is 1. The molecule has 0 aliphatic carbocycles. The van der Waals surface area contributed by atoms with Gasteiger partial charge in [0.15, 0.2) is 4.80 Å². The Morgan fingerprint density at radius 2 is 2.19 bits per heavy atom. The van der Waals surface area contributed by atoms with Crippen LogP contribution < -0.4 is 4.80 Å². The van der Waals surface area contributed by atoms with E-state index >= 15 is 0 Å². The monoisotopic (exact) mass is 344 g/mol. The predicted molar refractivity (Wildman–Crippen MR) is 85.3 cm³/mol. The molecule has 4 nitrogen and oxygen atoms in total. The number of ether oxygens (including phenoxy) is 1. The predicted octanol–water partition coefficient (Wildman–Crippen LogP) is 3.55. The van der Waals surface area contributed by atoms with Crippen LogP contribution in [0.15, 0.2) is 29.4 Å². The van der Waals surface area contributed by atoms with Crippen LogP contribution in [-0.4, -0.2) is 24.2 Å². The van der Waals surface area contributed by atoms with Crippen molar-refractivity contribution in [3.63, 3.8) is 0 Å². The molecule has 0 unspecified atom stereocenters. The highest BCUT2D eigenvalue weighted by Crippen LogP contribution is 2.25. The maximum atomic E-state index is 12.3. The van der Waals surface area contributed by atoms with Gasteiger partial charge in [0.05, 0.1) is 22.2 Å². The number of hydrogen-bond donors (Lipinski definition) is 0. The minimum absolute atomic E-state index is 0.227. The Morgan fingerprint density at radius 1 is 1.43 bits per heavy atom. The quantitative estimate of drug-likeness (QED) is 0.851. The van der Waals surface area contributed by atoms with E-state index in [1.165, 1.54) is 11.3 Å². The zero-order valence-electron chi connectivity index (χ0n) is 11.6. The van der Waals surface area contributed by atoms with Gasteiger partial charge in [0.2, 0.25) is 0 Å². The van der Waals surface area contributed by atoms with Crippen molar-refractivity contribution in [2.75, 3.05) is 13.7 Å². The minimum atomic E-state index is -0.407. The molecule has 0 aliphatic heterocycles. The smallest absolute Gasteiger partial charge is 0.281 e. The maximum Gasteiger partial charge on any atom is 0.281 e. The van der Waals surface area contributed by atoms with E-state index in [0.29, 0.717) is 28.5 Å². The largest absolute Gasteiger partial charge is 0.383 e. The Balaban J connectivity index is 2.39. The van der Waals surface area contributed by atoms with E-state index in [1.54, 1.807) is 25.3 Å². The lowest BCUT2D eigenvalue weighted by Crippen LogP contribution is -2.18. The van der Waals surface area contributed by atoms with Gasteiger partial charge in [-0.25, -0.2) is 0 Å². The molecule has 1 aromatic carbocycles. The molecular weight excluding hydrogens is 331 g/mol. The number of aromatic nitrogens is 1. The van der Waals surface area contributed by atoms with Crippen molar-refractivity contribution in [2.24, 2.45) is 4.99 Å². The summed E-state index contributed by atoms with van der Waals surface area (Å²) in [6.45, 7) is 3.15. The molecule has 0 bridgehead atoms. The maximum absolute atomic E-state index is 12.3. The molecule has 0 atom stereocenters. The summed E-state index contributed by atoms with van der Waals surface area (Å²) in [4.78, 5) is 18.1. The third kappa shape index (κ3) is 3.95. The lowest BCUT2D eigenvalue weighted by Gasteiger charge is -2.02. The van der Waals surface area contributed by atoms with Crippen molar-refractivity contribution in [3.05, 3.63) is 49.7 Å². The van der Waals surface area contributed by atoms with Crippen LogP contribution in [0, 0.1) is 6.92 Å². The van der Waals surface area contributed by atoms with Gasteiger partial charge < -0.3 is 9.30 Å². The highest BCUT2D eigenvalue weighted by Gasteiger charge is 2.12. The minimum Gasteiger partial charge on any atom is -0.383 e. The molecule has 0 radical (unpaired) electrons. The fourth-order valence-electron chi connectivity index (χ4n) is 1.76. The SMILES string of the molecule is COCCn1cc(C)s/c1=N\C(=O)c1cccc(Cl)c1Cl. The lowest BCUT2D eigenvalue weighted by molar-refractivity contribution is 0.0997. The molecule has 1 heterocycles. The van der Waals surface area contributed by atoms with Crippen LogP contribution >= 0.6 is 34.5 Å². The van der Waals surface area contributed by atoms with Crippen molar-refractivity contribution in [1.29, 1.82) is 0 Å². The summed E-state index contributed by atoms with van der Waals surface area (Å²) in [5.41, 5.74) is 0.300. The molecular formula is C14H14Cl2N2O2S. The van der Waals surface area contributed by atoms with Crippen LogP contribution in [0.25, 0.3) is 0 Å². The second-order valence-corrected chi connectivity index (χ2v) is 6.33. The number of nitrogens with zero attached hydrogens (tertiary/aromatic N) is 2. The molecule has 7 heteroatoms. The first-order chi connectivity index (χ1) is 10.0. The molecule has 2 rings (SSSR count). The lowest BCUT2D eigenvalue weighted by atomic mass is 10.2. The Hall–Kier alpha value is -1.14. The fourth-order valence-corrected chi connectivity index (χ4v) is 3.00.